The largest absolute Gasteiger partial charge is 0.332 e. The lowest BCUT2D eigenvalue weighted by Crippen LogP contribution is -2.61. The summed E-state index contributed by atoms with van der Waals surface area (Å²) in [6, 6.07) is 7.98. The first kappa shape index (κ1) is 21.3. The van der Waals surface area contributed by atoms with Crippen molar-refractivity contribution in [3.05, 3.63) is 40.7 Å². The minimum absolute atomic E-state index is 0.0283. The fourth-order valence-corrected chi connectivity index (χ4v) is 7.60. The molecule has 0 saturated heterocycles. The molecule has 4 aliphatic carbocycles. The Hall–Kier alpha value is -1.53. The Labute approximate surface area is 193 Å². The Morgan fingerprint density at radius 1 is 1.13 bits per heavy atom. The number of carbonyl (C=O) groups excluding carboxylic acids is 1. The van der Waals surface area contributed by atoms with Gasteiger partial charge in [0.2, 0.25) is 5.91 Å². The van der Waals surface area contributed by atoms with Gasteiger partial charge in [-0.3, -0.25) is 4.79 Å². The molecule has 4 saturated carbocycles. The molecule has 1 aromatic heterocycles. The third-order valence-corrected chi connectivity index (χ3v) is 8.96. The van der Waals surface area contributed by atoms with Crippen molar-refractivity contribution in [2.24, 2.45) is 24.8 Å². The van der Waals surface area contributed by atoms with Crippen LogP contribution >= 0.6 is 23.4 Å². The standard InChI is InChI=1S/C24H31ClN4OS/c1-3-21-26-27-23(28(21)2)31-15-22(30)29(14-16-4-6-20(25)7-5-16)24-11-17-8-18(12-24)10-19(9-17)13-24/h4-7,17-19H,3,8-15H2,1-2H3. The van der Waals surface area contributed by atoms with Crippen LogP contribution in [0.25, 0.3) is 0 Å². The van der Waals surface area contributed by atoms with Crippen LogP contribution in [0.4, 0.5) is 0 Å². The third kappa shape index (κ3) is 4.13. The van der Waals surface area contributed by atoms with Crippen LogP contribution < -0.4 is 0 Å². The Morgan fingerprint density at radius 3 is 2.29 bits per heavy atom. The number of rotatable bonds is 7. The van der Waals surface area contributed by atoms with Gasteiger partial charge in [0.25, 0.3) is 0 Å². The molecule has 4 fully saturated rings. The predicted molar refractivity (Wildman–Crippen MR) is 124 cm³/mol. The van der Waals surface area contributed by atoms with Gasteiger partial charge >= 0.3 is 0 Å². The van der Waals surface area contributed by atoms with E-state index in [1.807, 2.05) is 23.7 Å². The molecule has 7 heteroatoms. The van der Waals surface area contributed by atoms with Gasteiger partial charge in [-0.25, -0.2) is 0 Å². The number of carbonyl (C=O) groups is 1. The minimum atomic E-state index is 0.0283. The molecule has 31 heavy (non-hydrogen) atoms. The van der Waals surface area contributed by atoms with E-state index in [1.54, 1.807) is 0 Å². The first-order valence-corrected chi connectivity index (χ1v) is 12.9. The lowest BCUT2D eigenvalue weighted by Gasteiger charge is -2.60. The second kappa shape index (κ2) is 8.43. The Kier molecular flexibility index (Phi) is 5.80. The fourth-order valence-electron chi connectivity index (χ4n) is 6.67. The highest BCUT2D eigenvalue weighted by Crippen LogP contribution is 2.58. The minimum Gasteiger partial charge on any atom is -0.332 e. The van der Waals surface area contributed by atoms with E-state index in [9.17, 15) is 4.79 Å². The van der Waals surface area contributed by atoms with E-state index in [0.717, 1.165) is 45.7 Å². The van der Waals surface area contributed by atoms with E-state index >= 15 is 0 Å². The topological polar surface area (TPSA) is 51.0 Å². The Bertz CT molecular complexity index is 922. The van der Waals surface area contributed by atoms with E-state index in [1.165, 1.54) is 50.3 Å². The van der Waals surface area contributed by atoms with Crippen LogP contribution in [0.5, 0.6) is 0 Å². The summed E-state index contributed by atoms with van der Waals surface area (Å²) in [6.07, 6.45) is 8.47. The highest BCUT2D eigenvalue weighted by Gasteiger charge is 2.54. The number of aryl methyl sites for hydroxylation is 1. The number of hydrogen-bond donors (Lipinski definition) is 0. The molecule has 4 bridgehead atoms. The number of benzene rings is 1. The average Bonchev–Trinajstić information content (AvgIpc) is 3.10. The summed E-state index contributed by atoms with van der Waals surface area (Å²) in [5, 5.41) is 10.1. The Balaban J connectivity index is 1.39. The van der Waals surface area contributed by atoms with Gasteiger partial charge in [-0.05, 0) is 74.0 Å². The van der Waals surface area contributed by atoms with Gasteiger partial charge in [0.15, 0.2) is 5.16 Å². The van der Waals surface area contributed by atoms with Gasteiger partial charge in [0.1, 0.15) is 5.82 Å². The number of thioether (sulfide) groups is 1. The monoisotopic (exact) mass is 458 g/mol. The van der Waals surface area contributed by atoms with Crippen molar-refractivity contribution in [3.8, 4) is 0 Å². The number of amides is 1. The maximum Gasteiger partial charge on any atom is 0.233 e. The number of nitrogens with zero attached hydrogens (tertiary/aromatic N) is 4. The third-order valence-electron chi connectivity index (χ3n) is 7.70. The summed E-state index contributed by atoms with van der Waals surface area (Å²) in [4.78, 5) is 16.0. The maximum atomic E-state index is 13.7. The van der Waals surface area contributed by atoms with E-state index in [4.69, 9.17) is 11.6 Å². The number of hydrogen-bond acceptors (Lipinski definition) is 4. The molecular weight excluding hydrogens is 428 g/mol. The zero-order valence-electron chi connectivity index (χ0n) is 18.4. The van der Waals surface area contributed by atoms with Crippen molar-refractivity contribution in [1.82, 2.24) is 19.7 Å². The van der Waals surface area contributed by atoms with Crippen LogP contribution in [0.2, 0.25) is 5.02 Å². The van der Waals surface area contributed by atoms with Gasteiger partial charge in [-0.15, -0.1) is 10.2 Å². The molecule has 0 aliphatic heterocycles. The molecule has 0 spiro atoms. The zero-order chi connectivity index (χ0) is 21.6. The summed E-state index contributed by atoms with van der Waals surface area (Å²) in [6.45, 7) is 2.74. The summed E-state index contributed by atoms with van der Waals surface area (Å²) in [5.41, 5.74) is 1.19. The van der Waals surface area contributed by atoms with Gasteiger partial charge < -0.3 is 9.47 Å². The van der Waals surface area contributed by atoms with Crippen molar-refractivity contribution in [1.29, 1.82) is 0 Å². The van der Waals surface area contributed by atoms with Gasteiger partial charge in [0, 0.05) is 30.6 Å². The second-order valence-corrected chi connectivity index (χ2v) is 11.2. The first-order chi connectivity index (χ1) is 15.0. The molecular formula is C24H31ClN4OS. The van der Waals surface area contributed by atoms with Crippen LogP contribution in [0.1, 0.15) is 56.8 Å². The second-order valence-electron chi connectivity index (χ2n) is 9.85. The van der Waals surface area contributed by atoms with Crippen molar-refractivity contribution in [2.45, 2.75) is 69.1 Å². The quantitative estimate of drug-likeness (QED) is 0.540. The summed E-state index contributed by atoms with van der Waals surface area (Å²) >= 11 is 7.63. The lowest BCUT2D eigenvalue weighted by atomic mass is 9.52. The smallest absolute Gasteiger partial charge is 0.233 e. The maximum absolute atomic E-state index is 13.7. The number of halogens is 1. The van der Waals surface area contributed by atoms with Gasteiger partial charge in [-0.2, -0.15) is 0 Å². The normalized spacial score (nSPS) is 28.8. The van der Waals surface area contributed by atoms with Crippen LogP contribution in [0, 0.1) is 17.8 Å². The molecule has 0 N–H and O–H groups in total. The molecule has 0 unspecified atom stereocenters. The molecule has 2 aromatic rings. The van der Waals surface area contributed by atoms with E-state index < -0.39 is 0 Å². The van der Waals surface area contributed by atoms with E-state index in [2.05, 4.69) is 34.2 Å². The van der Waals surface area contributed by atoms with Gasteiger partial charge in [0.05, 0.1) is 5.75 Å². The molecule has 1 amide bonds. The summed E-state index contributed by atoms with van der Waals surface area (Å²) < 4.78 is 2.01. The first-order valence-electron chi connectivity index (χ1n) is 11.5. The zero-order valence-corrected chi connectivity index (χ0v) is 20.0. The molecule has 4 aliphatic rings. The SMILES string of the molecule is CCc1nnc(SCC(=O)N(Cc2ccc(Cl)cc2)C23CC4CC(CC(C4)C2)C3)n1C. The van der Waals surface area contributed by atoms with Crippen molar-refractivity contribution >= 4 is 29.3 Å². The van der Waals surface area contributed by atoms with Crippen molar-refractivity contribution in [2.75, 3.05) is 5.75 Å². The van der Waals surface area contributed by atoms with Crippen LogP contribution in [0.15, 0.2) is 29.4 Å². The molecule has 6 rings (SSSR count). The molecule has 166 valence electrons. The summed E-state index contributed by atoms with van der Waals surface area (Å²) in [7, 11) is 1.98. The van der Waals surface area contributed by atoms with Gasteiger partial charge in [-0.1, -0.05) is 42.4 Å². The molecule has 1 heterocycles. The fraction of sp³-hybridized carbons (Fsp3) is 0.625. The van der Waals surface area contributed by atoms with Crippen molar-refractivity contribution < 1.29 is 4.79 Å². The molecule has 1 aromatic carbocycles. The lowest BCUT2D eigenvalue weighted by molar-refractivity contribution is -0.149. The van der Waals surface area contributed by atoms with Crippen molar-refractivity contribution in [3.63, 3.8) is 0 Å². The van der Waals surface area contributed by atoms with Crippen LogP contribution in [-0.2, 0) is 24.8 Å². The van der Waals surface area contributed by atoms with E-state index in [-0.39, 0.29) is 11.4 Å². The van der Waals surface area contributed by atoms with Crippen LogP contribution in [0.3, 0.4) is 0 Å². The molecule has 0 radical (unpaired) electrons. The highest BCUT2D eigenvalue weighted by molar-refractivity contribution is 7.99. The predicted octanol–water partition coefficient (Wildman–Crippen LogP) is 5.12. The highest BCUT2D eigenvalue weighted by atomic mass is 35.5. The Morgan fingerprint density at radius 2 is 1.74 bits per heavy atom. The van der Waals surface area contributed by atoms with E-state index in [0.29, 0.717) is 12.3 Å². The van der Waals surface area contributed by atoms with Crippen LogP contribution in [-0.4, -0.2) is 36.9 Å². The number of aromatic nitrogens is 3. The molecule has 0 atom stereocenters. The average molecular weight is 459 g/mol. The summed E-state index contributed by atoms with van der Waals surface area (Å²) in [5.74, 6) is 3.98. The molecule has 5 nitrogen and oxygen atoms in total.